The molecule has 2 rings (SSSR count). The zero-order valence-corrected chi connectivity index (χ0v) is 12.8. The number of nitrogen functional groups attached to an aromatic ring is 1. The van der Waals surface area contributed by atoms with Gasteiger partial charge in [-0.3, -0.25) is 4.72 Å². The van der Waals surface area contributed by atoms with Crippen LogP contribution >= 0.6 is 15.9 Å². The molecule has 0 aliphatic carbocycles. The van der Waals surface area contributed by atoms with E-state index in [0.717, 1.165) is 6.07 Å². The largest absolute Gasteiger partial charge is 0.396 e. The Hall–Kier alpha value is -1.67. The van der Waals surface area contributed by atoms with Crippen LogP contribution in [0.2, 0.25) is 0 Å². The maximum absolute atomic E-state index is 13.4. The zero-order chi connectivity index (χ0) is 14.9. The van der Waals surface area contributed by atoms with Crippen molar-refractivity contribution in [3.63, 3.8) is 0 Å². The number of sulfonamides is 1. The van der Waals surface area contributed by atoms with Crippen molar-refractivity contribution in [1.82, 2.24) is 4.98 Å². The molecule has 0 aliphatic rings. The summed E-state index contributed by atoms with van der Waals surface area (Å²) < 4.78 is 40.7. The number of nitrogens with zero attached hydrogens (tertiary/aromatic N) is 1. The molecule has 3 N–H and O–H groups in total. The minimum absolute atomic E-state index is 0.100. The van der Waals surface area contributed by atoms with E-state index in [9.17, 15) is 12.8 Å². The third-order valence-electron chi connectivity index (χ3n) is 2.55. The highest BCUT2D eigenvalue weighted by atomic mass is 79.9. The summed E-state index contributed by atoms with van der Waals surface area (Å²) in [5, 5.41) is 0. The monoisotopic (exact) mass is 359 g/mol. The standard InChI is InChI=1S/C12H11BrFN3O2S/c1-7-4-9(5-10(15)12(7)14)20(18,19)17-8-2-3-11(13)16-6-8/h2-6,17H,15H2,1H3. The van der Waals surface area contributed by atoms with Gasteiger partial charge in [0.2, 0.25) is 0 Å². The molecular formula is C12H11BrFN3O2S. The molecule has 0 saturated carbocycles. The first kappa shape index (κ1) is 14.7. The smallest absolute Gasteiger partial charge is 0.262 e. The van der Waals surface area contributed by atoms with Crippen LogP contribution in [-0.4, -0.2) is 13.4 Å². The Morgan fingerprint density at radius 1 is 1.35 bits per heavy atom. The normalized spacial score (nSPS) is 11.3. The maximum atomic E-state index is 13.4. The number of pyridine rings is 1. The van der Waals surface area contributed by atoms with E-state index in [0.29, 0.717) is 10.3 Å². The summed E-state index contributed by atoms with van der Waals surface area (Å²) in [4.78, 5) is 3.81. The molecule has 5 nitrogen and oxygen atoms in total. The van der Waals surface area contributed by atoms with Crippen LogP contribution in [0.15, 0.2) is 40.0 Å². The molecule has 0 atom stereocenters. The highest BCUT2D eigenvalue weighted by Crippen LogP contribution is 2.23. The van der Waals surface area contributed by atoms with Crippen LogP contribution in [0.4, 0.5) is 15.8 Å². The lowest BCUT2D eigenvalue weighted by atomic mass is 10.2. The summed E-state index contributed by atoms with van der Waals surface area (Å²) in [6.07, 6.45) is 1.36. The topological polar surface area (TPSA) is 85.1 Å². The Bertz CT molecular complexity index is 725. The second-order valence-electron chi connectivity index (χ2n) is 4.12. The second-order valence-corrected chi connectivity index (χ2v) is 6.61. The molecule has 1 aromatic carbocycles. The molecule has 0 saturated heterocycles. The van der Waals surface area contributed by atoms with Crippen LogP contribution in [0, 0.1) is 12.7 Å². The first-order chi connectivity index (χ1) is 9.29. The second kappa shape index (κ2) is 5.37. The lowest BCUT2D eigenvalue weighted by molar-refractivity contribution is 0.599. The van der Waals surface area contributed by atoms with E-state index < -0.39 is 15.8 Å². The molecule has 0 radical (unpaired) electrons. The number of aryl methyl sites for hydroxylation is 1. The highest BCUT2D eigenvalue weighted by Gasteiger charge is 2.17. The van der Waals surface area contributed by atoms with Gasteiger partial charge in [0.15, 0.2) is 0 Å². The van der Waals surface area contributed by atoms with Gasteiger partial charge in [-0.05, 0) is 52.7 Å². The molecule has 1 heterocycles. The van der Waals surface area contributed by atoms with Crippen molar-refractivity contribution in [3.8, 4) is 0 Å². The predicted molar refractivity (Wildman–Crippen MR) is 78.3 cm³/mol. The highest BCUT2D eigenvalue weighted by molar-refractivity contribution is 9.10. The number of halogens is 2. The number of nitrogens with two attached hydrogens (primary N) is 1. The van der Waals surface area contributed by atoms with Gasteiger partial charge >= 0.3 is 0 Å². The van der Waals surface area contributed by atoms with Crippen LogP contribution in [0.1, 0.15) is 5.56 Å². The summed E-state index contributed by atoms with van der Waals surface area (Å²) in [7, 11) is -3.84. The van der Waals surface area contributed by atoms with Gasteiger partial charge in [-0.1, -0.05) is 0 Å². The lowest BCUT2D eigenvalue weighted by Crippen LogP contribution is -2.14. The molecule has 8 heteroatoms. The molecule has 2 aromatic rings. The quantitative estimate of drug-likeness (QED) is 0.651. The Morgan fingerprint density at radius 2 is 2.05 bits per heavy atom. The Kier molecular flexibility index (Phi) is 3.96. The van der Waals surface area contributed by atoms with Gasteiger partial charge in [0, 0.05) is 0 Å². The summed E-state index contributed by atoms with van der Waals surface area (Å²) in [5.41, 5.74) is 5.70. The number of hydrogen-bond donors (Lipinski definition) is 2. The van der Waals surface area contributed by atoms with Gasteiger partial charge in [0.25, 0.3) is 10.0 Å². The van der Waals surface area contributed by atoms with Gasteiger partial charge in [0.1, 0.15) is 10.4 Å². The molecule has 0 unspecified atom stereocenters. The number of anilines is 2. The lowest BCUT2D eigenvalue weighted by Gasteiger charge is -2.10. The summed E-state index contributed by atoms with van der Waals surface area (Å²) in [6.45, 7) is 1.45. The van der Waals surface area contributed by atoms with Crippen LogP contribution < -0.4 is 10.5 Å². The fraction of sp³-hybridized carbons (Fsp3) is 0.0833. The van der Waals surface area contributed by atoms with E-state index in [2.05, 4.69) is 25.6 Å². The van der Waals surface area contributed by atoms with Crippen molar-refractivity contribution in [2.24, 2.45) is 0 Å². The van der Waals surface area contributed by atoms with Crippen LogP contribution in [0.25, 0.3) is 0 Å². The molecule has 1 aromatic heterocycles. The fourth-order valence-corrected chi connectivity index (χ4v) is 2.97. The minimum Gasteiger partial charge on any atom is -0.396 e. The third-order valence-corrected chi connectivity index (χ3v) is 4.38. The zero-order valence-electron chi connectivity index (χ0n) is 10.4. The SMILES string of the molecule is Cc1cc(S(=O)(=O)Nc2ccc(Br)nc2)cc(N)c1F. The van der Waals surface area contributed by atoms with E-state index in [1.54, 1.807) is 12.1 Å². The molecular weight excluding hydrogens is 349 g/mol. The van der Waals surface area contributed by atoms with E-state index >= 15 is 0 Å². The summed E-state index contributed by atoms with van der Waals surface area (Å²) in [6, 6.07) is 5.45. The van der Waals surface area contributed by atoms with E-state index in [4.69, 9.17) is 5.73 Å². The van der Waals surface area contributed by atoms with Crippen molar-refractivity contribution in [3.05, 3.63) is 46.4 Å². The maximum Gasteiger partial charge on any atom is 0.262 e. The fourth-order valence-electron chi connectivity index (χ4n) is 1.57. The first-order valence-corrected chi connectivity index (χ1v) is 7.77. The van der Waals surface area contributed by atoms with Crippen molar-refractivity contribution >= 4 is 37.3 Å². The Morgan fingerprint density at radius 3 is 2.60 bits per heavy atom. The molecule has 20 heavy (non-hydrogen) atoms. The minimum atomic E-state index is -3.84. The summed E-state index contributed by atoms with van der Waals surface area (Å²) >= 11 is 3.15. The first-order valence-electron chi connectivity index (χ1n) is 5.49. The number of aromatic nitrogens is 1. The third kappa shape index (κ3) is 3.07. The van der Waals surface area contributed by atoms with Gasteiger partial charge in [-0.2, -0.15) is 0 Å². The summed E-state index contributed by atoms with van der Waals surface area (Å²) in [5.74, 6) is -0.616. The van der Waals surface area contributed by atoms with E-state index in [1.165, 1.54) is 19.2 Å². The number of hydrogen-bond acceptors (Lipinski definition) is 4. The number of benzene rings is 1. The van der Waals surface area contributed by atoms with Crippen LogP contribution in [0.5, 0.6) is 0 Å². The van der Waals surface area contributed by atoms with Crippen molar-refractivity contribution in [2.45, 2.75) is 11.8 Å². The average Bonchev–Trinajstić information content (AvgIpc) is 2.38. The Balaban J connectivity index is 2.38. The van der Waals surface area contributed by atoms with Crippen LogP contribution in [-0.2, 0) is 10.0 Å². The van der Waals surface area contributed by atoms with Gasteiger partial charge in [-0.25, -0.2) is 17.8 Å². The number of nitrogens with one attached hydrogen (secondary N) is 1. The van der Waals surface area contributed by atoms with Gasteiger partial charge < -0.3 is 5.73 Å². The Labute approximate surface area is 124 Å². The average molecular weight is 360 g/mol. The van der Waals surface area contributed by atoms with Crippen LogP contribution in [0.3, 0.4) is 0 Å². The molecule has 0 spiro atoms. The molecule has 0 aliphatic heterocycles. The molecule has 0 amide bonds. The molecule has 0 bridgehead atoms. The van der Waals surface area contributed by atoms with Crippen molar-refractivity contribution < 1.29 is 12.8 Å². The van der Waals surface area contributed by atoms with E-state index in [1.807, 2.05) is 0 Å². The number of rotatable bonds is 3. The predicted octanol–water partition coefficient (Wildman–Crippen LogP) is 2.67. The van der Waals surface area contributed by atoms with Gasteiger partial charge in [-0.15, -0.1) is 0 Å². The van der Waals surface area contributed by atoms with E-state index in [-0.39, 0.29) is 16.1 Å². The van der Waals surface area contributed by atoms with Crippen molar-refractivity contribution in [1.29, 1.82) is 0 Å². The molecule has 106 valence electrons. The van der Waals surface area contributed by atoms with Crippen molar-refractivity contribution in [2.75, 3.05) is 10.5 Å². The molecule has 0 fully saturated rings. The van der Waals surface area contributed by atoms with Gasteiger partial charge in [0.05, 0.1) is 22.5 Å².